The quantitative estimate of drug-likeness (QED) is 0.856. The van der Waals surface area contributed by atoms with E-state index in [0.717, 1.165) is 17.1 Å². The van der Waals surface area contributed by atoms with Crippen LogP contribution in [-0.2, 0) is 0 Å². The van der Waals surface area contributed by atoms with E-state index >= 15 is 0 Å². The van der Waals surface area contributed by atoms with Crippen LogP contribution >= 0.6 is 11.3 Å². The fourth-order valence-corrected chi connectivity index (χ4v) is 2.75. The zero-order valence-electron chi connectivity index (χ0n) is 10.4. The number of hydrogen-bond acceptors (Lipinski definition) is 4. The first-order chi connectivity index (χ1) is 7.58. The number of hydrogen-bond donors (Lipinski definition) is 1. The normalized spacial score (nSPS) is 14.4. The summed E-state index contributed by atoms with van der Waals surface area (Å²) in [6.07, 6.45) is 1.55. The Bertz CT molecular complexity index is 378. The Morgan fingerprint density at radius 3 is 2.62 bits per heavy atom. The van der Waals surface area contributed by atoms with Crippen LogP contribution in [0.1, 0.15) is 48.3 Å². The minimum atomic E-state index is 0.279. The molecule has 16 heavy (non-hydrogen) atoms. The third-order valence-corrected chi connectivity index (χ3v) is 3.90. The number of aryl methyl sites for hydroxylation is 2. The fourth-order valence-electron chi connectivity index (χ4n) is 1.81. The predicted octanol–water partition coefficient (Wildman–Crippen LogP) is 3.10. The second-order valence-corrected chi connectivity index (χ2v) is 5.27. The highest BCUT2D eigenvalue weighted by Gasteiger charge is 2.16. The van der Waals surface area contributed by atoms with Crippen LogP contribution in [0.3, 0.4) is 0 Å². The number of nitriles is 1. The van der Waals surface area contributed by atoms with Gasteiger partial charge in [-0.2, -0.15) is 5.26 Å². The van der Waals surface area contributed by atoms with Crippen molar-refractivity contribution in [2.24, 2.45) is 0 Å². The van der Waals surface area contributed by atoms with Crippen molar-refractivity contribution in [2.75, 3.05) is 0 Å². The molecule has 1 aromatic rings. The maximum absolute atomic E-state index is 8.71. The van der Waals surface area contributed by atoms with Crippen molar-refractivity contribution < 1.29 is 0 Å². The second kappa shape index (κ2) is 5.97. The van der Waals surface area contributed by atoms with Gasteiger partial charge < -0.3 is 5.32 Å². The highest BCUT2D eigenvalue weighted by Crippen LogP contribution is 2.25. The number of aromatic nitrogens is 1. The molecule has 0 saturated heterocycles. The summed E-state index contributed by atoms with van der Waals surface area (Å²) in [4.78, 5) is 5.71. The monoisotopic (exact) mass is 237 g/mol. The summed E-state index contributed by atoms with van der Waals surface area (Å²) in [6.45, 7) is 8.31. The van der Waals surface area contributed by atoms with Crippen molar-refractivity contribution in [3.8, 4) is 6.07 Å². The first kappa shape index (κ1) is 13.1. The van der Waals surface area contributed by atoms with Gasteiger partial charge in [-0.1, -0.05) is 6.92 Å². The van der Waals surface area contributed by atoms with Gasteiger partial charge in [0.2, 0.25) is 0 Å². The third-order valence-electron chi connectivity index (χ3n) is 2.65. The van der Waals surface area contributed by atoms with Gasteiger partial charge in [-0.25, -0.2) is 4.98 Å². The largest absolute Gasteiger partial charge is 0.306 e. The zero-order valence-corrected chi connectivity index (χ0v) is 11.2. The molecule has 2 atom stereocenters. The highest BCUT2D eigenvalue weighted by molar-refractivity contribution is 7.11. The van der Waals surface area contributed by atoms with Gasteiger partial charge in [0.1, 0.15) is 0 Å². The molecule has 0 amide bonds. The lowest BCUT2D eigenvalue weighted by molar-refractivity contribution is 0.450. The molecule has 1 heterocycles. The van der Waals surface area contributed by atoms with Crippen molar-refractivity contribution in [3.05, 3.63) is 15.6 Å². The van der Waals surface area contributed by atoms with Crippen molar-refractivity contribution in [1.29, 1.82) is 5.26 Å². The Labute approximate surface area is 102 Å². The Balaban J connectivity index is 2.68. The molecule has 0 aliphatic heterocycles. The third kappa shape index (κ3) is 3.29. The molecule has 0 aliphatic rings. The van der Waals surface area contributed by atoms with Crippen LogP contribution in [0.5, 0.6) is 0 Å². The van der Waals surface area contributed by atoms with Gasteiger partial charge in [0.15, 0.2) is 0 Å². The first-order valence-corrected chi connectivity index (χ1v) is 6.47. The van der Waals surface area contributed by atoms with Gasteiger partial charge in [0.25, 0.3) is 0 Å². The van der Waals surface area contributed by atoms with Gasteiger partial charge in [-0.15, -0.1) is 11.3 Å². The van der Waals surface area contributed by atoms with E-state index in [4.69, 9.17) is 5.26 Å². The van der Waals surface area contributed by atoms with E-state index in [0.29, 0.717) is 6.42 Å². The van der Waals surface area contributed by atoms with Crippen molar-refractivity contribution in [3.63, 3.8) is 0 Å². The van der Waals surface area contributed by atoms with Crippen molar-refractivity contribution >= 4 is 11.3 Å². The Hall–Kier alpha value is -0.920. The van der Waals surface area contributed by atoms with Crippen LogP contribution in [0.4, 0.5) is 0 Å². The summed E-state index contributed by atoms with van der Waals surface area (Å²) in [5.41, 5.74) is 1.11. The van der Waals surface area contributed by atoms with E-state index in [9.17, 15) is 0 Å². The summed E-state index contributed by atoms with van der Waals surface area (Å²) in [6, 6.07) is 2.78. The van der Waals surface area contributed by atoms with Gasteiger partial charge in [0.05, 0.1) is 23.2 Å². The SMILES string of the molecule is CCC(CC#N)NC(C)c1sc(C)nc1C. The molecule has 0 radical (unpaired) electrons. The van der Waals surface area contributed by atoms with Crippen LogP contribution < -0.4 is 5.32 Å². The standard InChI is InChI=1S/C12H19N3S/c1-5-11(6-7-13)15-9(3)12-8(2)14-10(4)16-12/h9,11,15H,5-6H2,1-4H3. The first-order valence-electron chi connectivity index (χ1n) is 5.65. The van der Waals surface area contributed by atoms with E-state index in [1.807, 2.05) is 13.8 Å². The molecule has 0 bridgehead atoms. The molecule has 0 saturated carbocycles. The average Bonchev–Trinajstić information content (AvgIpc) is 2.57. The topological polar surface area (TPSA) is 48.7 Å². The summed E-state index contributed by atoms with van der Waals surface area (Å²) in [7, 11) is 0. The Morgan fingerprint density at radius 2 is 2.19 bits per heavy atom. The lowest BCUT2D eigenvalue weighted by Gasteiger charge is -2.19. The number of thiazole rings is 1. The maximum atomic E-state index is 8.71. The number of nitrogens with one attached hydrogen (secondary N) is 1. The fraction of sp³-hybridized carbons (Fsp3) is 0.667. The summed E-state index contributed by atoms with van der Waals surface area (Å²) < 4.78 is 0. The molecule has 1 N–H and O–H groups in total. The summed E-state index contributed by atoms with van der Waals surface area (Å²) in [5, 5.41) is 13.3. The van der Waals surface area contributed by atoms with Gasteiger partial charge in [0, 0.05) is 17.0 Å². The molecule has 0 fully saturated rings. The molecule has 1 rings (SSSR count). The molecule has 2 unspecified atom stereocenters. The number of nitrogens with zero attached hydrogens (tertiary/aromatic N) is 2. The van der Waals surface area contributed by atoms with Crippen LogP contribution in [-0.4, -0.2) is 11.0 Å². The molecule has 1 aromatic heterocycles. The average molecular weight is 237 g/mol. The molecule has 0 spiro atoms. The van der Waals surface area contributed by atoms with E-state index in [1.165, 1.54) is 4.88 Å². The van der Waals surface area contributed by atoms with Gasteiger partial charge in [-0.05, 0) is 27.2 Å². The molecule has 0 aromatic carbocycles. The molecule has 0 aliphatic carbocycles. The molecule has 3 nitrogen and oxygen atoms in total. The van der Waals surface area contributed by atoms with Crippen LogP contribution in [0.15, 0.2) is 0 Å². The van der Waals surface area contributed by atoms with E-state index in [1.54, 1.807) is 11.3 Å². The Morgan fingerprint density at radius 1 is 1.50 bits per heavy atom. The summed E-state index contributed by atoms with van der Waals surface area (Å²) in [5.74, 6) is 0. The lowest BCUT2D eigenvalue weighted by atomic mass is 10.1. The lowest BCUT2D eigenvalue weighted by Crippen LogP contribution is -2.30. The maximum Gasteiger partial charge on any atom is 0.0900 e. The zero-order chi connectivity index (χ0) is 12.1. The van der Waals surface area contributed by atoms with Crippen LogP contribution in [0.2, 0.25) is 0 Å². The van der Waals surface area contributed by atoms with Crippen molar-refractivity contribution in [2.45, 2.75) is 52.6 Å². The minimum Gasteiger partial charge on any atom is -0.306 e. The summed E-state index contributed by atoms with van der Waals surface area (Å²) >= 11 is 1.74. The van der Waals surface area contributed by atoms with Crippen LogP contribution in [0.25, 0.3) is 0 Å². The predicted molar refractivity (Wildman–Crippen MR) is 67.4 cm³/mol. The Kier molecular flexibility index (Phi) is 4.91. The minimum absolute atomic E-state index is 0.279. The van der Waals surface area contributed by atoms with Gasteiger partial charge >= 0.3 is 0 Å². The molecule has 88 valence electrons. The smallest absolute Gasteiger partial charge is 0.0900 e. The number of rotatable bonds is 5. The van der Waals surface area contributed by atoms with Crippen molar-refractivity contribution in [1.82, 2.24) is 10.3 Å². The van der Waals surface area contributed by atoms with Crippen LogP contribution in [0, 0.1) is 25.2 Å². The van der Waals surface area contributed by atoms with Gasteiger partial charge in [-0.3, -0.25) is 0 Å². The second-order valence-electron chi connectivity index (χ2n) is 4.04. The highest BCUT2D eigenvalue weighted by atomic mass is 32.1. The van der Waals surface area contributed by atoms with E-state index in [-0.39, 0.29) is 12.1 Å². The van der Waals surface area contributed by atoms with E-state index in [2.05, 4.69) is 30.2 Å². The molecular formula is C12H19N3S. The van der Waals surface area contributed by atoms with E-state index < -0.39 is 0 Å². The molecular weight excluding hydrogens is 218 g/mol. The molecule has 4 heteroatoms.